The fraction of sp³-hybridized carbons (Fsp3) is 0.500. The van der Waals surface area contributed by atoms with Crippen LogP contribution in [0.2, 0.25) is 0 Å². The summed E-state index contributed by atoms with van der Waals surface area (Å²) in [6.45, 7) is 8.25. The van der Waals surface area contributed by atoms with Gasteiger partial charge in [-0.25, -0.2) is 0 Å². The number of aromatic nitrogens is 3. The Bertz CT molecular complexity index is 1200. The molecule has 0 saturated carbocycles. The molecule has 3 aromatic heterocycles. The van der Waals surface area contributed by atoms with Gasteiger partial charge in [0.1, 0.15) is 0 Å². The molecule has 3 aromatic rings. The Labute approximate surface area is 195 Å². The van der Waals surface area contributed by atoms with E-state index >= 15 is 0 Å². The molecule has 1 N–H and O–H groups in total. The van der Waals surface area contributed by atoms with Crippen LogP contribution in [0.25, 0.3) is 22.3 Å². The van der Waals surface area contributed by atoms with E-state index in [-0.39, 0.29) is 17.4 Å². The minimum atomic E-state index is 0.0248. The van der Waals surface area contributed by atoms with Gasteiger partial charge in [-0.05, 0) is 58.0 Å². The molecule has 0 bridgehead atoms. The van der Waals surface area contributed by atoms with Crippen molar-refractivity contribution in [3.63, 3.8) is 0 Å². The standard InChI is InChI=1S/C26H35N5O2/c1-16(2)23-24(19-13-17(3)26(33)30(6)14-19)28-21-8-7-20(27-25(21)23)18-9-11-31(12-10-18)22(32)15-29(4)5/h7-8,13-14,16,18,28H,9-12,15H2,1-6H3. The van der Waals surface area contributed by atoms with Crippen molar-refractivity contribution in [2.75, 3.05) is 33.7 Å². The van der Waals surface area contributed by atoms with E-state index in [0.717, 1.165) is 59.5 Å². The van der Waals surface area contributed by atoms with Crippen molar-refractivity contribution in [1.82, 2.24) is 24.3 Å². The van der Waals surface area contributed by atoms with Crippen molar-refractivity contribution in [2.24, 2.45) is 7.05 Å². The van der Waals surface area contributed by atoms with Gasteiger partial charge < -0.3 is 19.4 Å². The number of nitrogens with zero attached hydrogens (tertiary/aromatic N) is 4. The second-order valence-corrected chi connectivity index (χ2v) is 9.92. The molecule has 1 aliphatic heterocycles. The number of aryl methyl sites for hydroxylation is 2. The lowest BCUT2D eigenvalue weighted by Crippen LogP contribution is -2.42. The maximum atomic E-state index is 12.4. The largest absolute Gasteiger partial charge is 0.353 e. The number of fused-ring (bicyclic) bond motifs is 1. The third kappa shape index (κ3) is 4.60. The Hall–Kier alpha value is -2.93. The van der Waals surface area contributed by atoms with E-state index in [1.165, 1.54) is 5.56 Å². The van der Waals surface area contributed by atoms with Crippen LogP contribution < -0.4 is 5.56 Å². The first-order chi connectivity index (χ1) is 15.7. The molecule has 1 saturated heterocycles. The van der Waals surface area contributed by atoms with Crippen molar-refractivity contribution < 1.29 is 4.79 Å². The molecular weight excluding hydrogens is 414 g/mol. The normalized spacial score (nSPS) is 15.2. The fourth-order valence-corrected chi connectivity index (χ4v) is 4.93. The zero-order chi connectivity index (χ0) is 23.9. The predicted octanol–water partition coefficient (Wildman–Crippen LogP) is 3.63. The molecule has 0 aromatic carbocycles. The number of hydrogen-bond donors (Lipinski definition) is 1. The van der Waals surface area contributed by atoms with Gasteiger partial charge in [0.15, 0.2) is 0 Å². The van der Waals surface area contributed by atoms with Crippen LogP contribution in [0.15, 0.2) is 29.2 Å². The number of pyridine rings is 2. The van der Waals surface area contributed by atoms with Crippen LogP contribution >= 0.6 is 0 Å². The second kappa shape index (κ2) is 9.14. The van der Waals surface area contributed by atoms with E-state index in [4.69, 9.17) is 4.98 Å². The highest BCUT2D eigenvalue weighted by atomic mass is 16.2. The van der Waals surface area contributed by atoms with Gasteiger partial charge in [0.2, 0.25) is 5.91 Å². The van der Waals surface area contributed by atoms with Crippen LogP contribution in [0.1, 0.15) is 55.3 Å². The predicted molar refractivity (Wildman–Crippen MR) is 133 cm³/mol. The van der Waals surface area contributed by atoms with E-state index in [1.807, 2.05) is 43.1 Å². The highest BCUT2D eigenvalue weighted by Crippen LogP contribution is 2.36. The number of carbonyl (C=O) groups excluding carboxylic acids is 1. The summed E-state index contributed by atoms with van der Waals surface area (Å²) < 4.78 is 1.64. The van der Waals surface area contributed by atoms with Gasteiger partial charge in [-0.15, -0.1) is 0 Å². The average Bonchev–Trinajstić information content (AvgIpc) is 3.16. The maximum absolute atomic E-state index is 12.4. The first-order valence-electron chi connectivity index (χ1n) is 11.8. The monoisotopic (exact) mass is 449 g/mol. The zero-order valence-electron chi connectivity index (χ0n) is 20.6. The number of aromatic amines is 1. The third-order valence-corrected chi connectivity index (χ3v) is 6.65. The van der Waals surface area contributed by atoms with Gasteiger partial charge in [-0.2, -0.15) is 0 Å². The van der Waals surface area contributed by atoms with Crippen LogP contribution in [-0.2, 0) is 11.8 Å². The Morgan fingerprint density at radius 3 is 2.55 bits per heavy atom. The number of hydrogen-bond acceptors (Lipinski definition) is 4. The van der Waals surface area contributed by atoms with Crippen molar-refractivity contribution in [1.29, 1.82) is 0 Å². The summed E-state index contributed by atoms with van der Waals surface area (Å²) in [5.74, 6) is 0.835. The summed E-state index contributed by atoms with van der Waals surface area (Å²) in [6.07, 6.45) is 3.77. The topological polar surface area (TPSA) is 74.2 Å². The molecule has 1 aliphatic rings. The highest BCUT2D eigenvalue weighted by Gasteiger charge is 2.26. The maximum Gasteiger partial charge on any atom is 0.253 e. The summed E-state index contributed by atoms with van der Waals surface area (Å²) in [7, 11) is 5.65. The Morgan fingerprint density at radius 2 is 1.94 bits per heavy atom. The van der Waals surface area contributed by atoms with Crippen LogP contribution in [0.3, 0.4) is 0 Å². The minimum absolute atomic E-state index is 0.0248. The number of rotatable bonds is 5. The van der Waals surface area contributed by atoms with Gasteiger partial charge >= 0.3 is 0 Å². The molecule has 176 valence electrons. The second-order valence-electron chi connectivity index (χ2n) is 9.92. The summed E-state index contributed by atoms with van der Waals surface area (Å²) in [5.41, 5.74) is 7.11. The summed E-state index contributed by atoms with van der Waals surface area (Å²) >= 11 is 0. The Kier molecular flexibility index (Phi) is 6.43. The number of piperidine rings is 1. The molecule has 0 aliphatic carbocycles. The SMILES string of the molecule is Cc1cc(-c2[nH]c3ccc(C4CCN(C(=O)CN(C)C)CC4)nc3c2C(C)C)cn(C)c1=O. The zero-order valence-corrected chi connectivity index (χ0v) is 20.6. The van der Waals surface area contributed by atoms with Crippen LogP contribution in [-0.4, -0.2) is 64.0 Å². The molecule has 33 heavy (non-hydrogen) atoms. The number of nitrogens with one attached hydrogen (secondary N) is 1. The summed E-state index contributed by atoms with van der Waals surface area (Å²) in [4.78, 5) is 37.2. The van der Waals surface area contributed by atoms with Crippen molar-refractivity contribution in [3.05, 3.63) is 51.6 Å². The molecule has 1 fully saturated rings. The van der Waals surface area contributed by atoms with E-state index in [1.54, 1.807) is 11.6 Å². The summed E-state index contributed by atoms with van der Waals surface area (Å²) in [5, 5.41) is 0. The molecule has 4 heterocycles. The smallest absolute Gasteiger partial charge is 0.253 e. The quantitative estimate of drug-likeness (QED) is 0.646. The molecule has 0 spiro atoms. The third-order valence-electron chi connectivity index (χ3n) is 6.65. The van der Waals surface area contributed by atoms with Crippen LogP contribution in [0, 0.1) is 6.92 Å². The molecule has 7 heteroatoms. The highest BCUT2D eigenvalue weighted by molar-refractivity contribution is 5.88. The molecule has 0 atom stereocenters. The first kappa shape index (κ1) is 23.2. The Morgan fingerprint density at radius 1 is 1.24 bits per heavy atom. The number of amides is 1. The number of H-pyrrole nitrogens is 1. The lowest BCUT2D eigenvalue weighted by Gasteiger charge is -2.32. The fourth-order valence-electron chi connectivity index (χ4n) is 4.93. The van der Waals surface area contributed by atoms with Crippen molar-refractivity contribution in [2.45, 2.75) is 45.4 Å². The molecule has 1 amide bonds. The lowest BCUT2D eigenvalue weighted by molar-refractivity contribution is -0.132. The molecule has 4 rings (SSSR count). The van der Waals surface area contributed by atoms with Crippen molar-refractivity contribution >= 4 is 16.9 Å². The molecule has 0 unspecified atom stereocenters. The van der Waals surface area contributed by atoms with E-state index < -0.39 is 0 Å². The molecule has 0 radical (unpaired) electrons. The van der Waals surface area contributed by atoms with Crippen LogP contribution in [0.5, 0.6) is 0 Å². The van der Waals surface area contributed by atoms with Gasteiger partial charge in [-0.1, -0.05) is 13.8 Å². The summed E-state index contributed by atoms with van der Waals surface area (Å²) in [6, 6.07) is 6.21. The average molecular weight is 450 g/mol. The van der Waals surface area contributed by atoms with Gasteiger partial charge in [0, 0.05) is 54.6 Å². The lowest BCUT2D eigenvalue weighted by atomic mass is 9.92. The van der Waals surface area contributed by atoms with E-state index in [2.05, 4.69) is 31.0 Å². The molecule has 7 nitrogen and oxygen atoms in total. The van der Waals surface area contributed by atoms with Gasteiger partial charge in [-0.3, -0.25) is 14.6 Å². The number of likely N-dealkylation sites (tertiary alicyclic amines) is 1. The number of likely N-dealkylation sites (N-methyl/N-ethyl adjacent to an activating group) is 1. The van der Waals surface area contributed by atoms with E-state index in [9.17, 15) is 9.59 Å². The number of carbonyl (C=O) groups is 1. The Balaban J connectivity index is 1.65. The van der Waals surface area contributed by atoms with E-state index in [0.29, 0.717) is 12.5 Å². The van der Waals surface area contributed by atoms with Gasteiger partial charge in [0.05, 0.1) is 23.3 Å². The van der Waals surface area contributed by atoms with Crippen LogP contribution in [0.4, 0.5) is 0 Å². The minimum Gasteiger partial charge on any atom is -0.353 e. The first-order valence-corrected chi connectivity index (χ1v) is 11.8. The molecular formula is C26H35N5O2. The van der Waals surface area contributed by atoms with Crippen molar-refractivity contribution in [3.8, 4) is 11.3 Å². The van der Waals surface area contributed by atoms with Gasteiger partial charge in [0.25, 0.3) is 5.56 Å².